The number of alkyl carbamates (subject to hydrolysis) is 1. The van der Waals surface area contributed by atoms with Crippen LogP contribution in [0.2, 0.25) is 0 Å². The van der Waals surface area contributed by atoms with E-state index >= 15 is 0 Å². The maximum atomic E-state index is 14.6. The first-order valence-electron chi connectivity index (χ1n) is 16.0. The number of halogens is 1. The summed E-state index contributed by atoms with van der Waals surface area (Å²) in [7, 11) is -0.572. The third-order valence-corrected chi connectivity index (χ3v) is 12.0. The molecule has 1 aliphatic carbocycles. The van der Waals surface area contributed by atoms with E-state index in [0.717, 1.165) is 70.5 Å². The number of hydrogen-bond acceptors (Lipinski definition) is 8. The van der Waals surface area contributed by atoms with Crippen LogP contribution >= 0.6 is 0 Å². The number of methoxy groups -OCH3 is 1. The van der Waals surface area contributed by atoms with Gasteiger partial charge in [0.15, 0.2) is 0 Å². The first-order valence-corrected chi connectivity index (χ1v) is 17.4. The summed E-state index contributed by atoms with van der Waals surface area (Å²) in [5.74, 6) is 0.0212. The van der Waals surface area contributed by atoms with Crippen molar-refractivity contribution in [3.63, 3.8) is 0 Å². The maximum absolute atomic E-state index is 14.6. The van der Waals surface area contributed by atoms with Gasteiger partial charge in [-0.25, -0.2) is 17.6 Å². The summed E-state index contributed by atoms with van der Waals surface area (Å²) in [4.78, 5) is 17.3. The number of carbonyl (C=O) groups is 1. The van der Waals surface area contributed by atoms with Crippen molar-refractivity contribution in [2.45, 2.75) is 53.4 Å². The molecule has 1 saturated carbocycles. The second-order valence-electron chi connectivity index (χ2n) is 13.0. The van der Waals surface area contributed by atoms with Crippen molar-refractivity contribution in [3.05, 3.63) is 72.3 Å². The number of aromatic nitrogens is 2. The van der Waals surface area contributed by atoms with Gasteiger partial charge in [0.05, 0.1) is 29.7 Å². The van der Waals surface area contributed by atoms with Gasteiger partial charge >= 0.3 is 6.09 Å². The summed E-state index contributed by atoms with van der Waals surface area (Å²) in [5, 5.41) is 17.8. The minimum Gasteiger partial charge on any atom is -0.453 e. The molecular weight excluding hydrogens is 607 g/mol. The van der Waals surface area contributed by atoms with Crippen molar-refractivity contribution in [1.82, 2.24) is 20.0 Å². The largest absolute Gasteiger partial charge is 0.453 e. The predicted octanol–water partition coefficient (Wildman–Crippen LogP) is 4.53. The monoisotopic (exact) mass is 648 g/mol. The summed E-state index contributed by atoms with van der Waals surface area (Å²) in [5.41, 5.74) is 0.784. The number of amides is 1. The molecule has 1 amide bonds. The van der Waals surface area contributed by atoms with Gasteiger partial charge in [0, 0.05) is 56.4 Å². The molecule has 2 aromatic carbocycles. The van der Waals surface area contributed by atoms with Crippen molar-refractivity contribution in [3.8, 4) is 6.07 Å². The quantitative estimate of drug-likeness (QED) is 0.360. The number of likely N-dealkylation sites (tertiary alicyclic amines) is 1. The molecule has 3 aromatic rings. The zero-order valence-corrected chi connectivity index (χ0v) is 27.1. The molecule has 0 spiro atoms. The number of aryl methyl sites for hydroxylation is 1. The summed E-state index contributed by atoms with van der Waals surface area (Å²) in [6.45, 7) is 4.43. The van der Waals surface area contributed by atoms with E-state index in [0.29, 0.717) is 11.5 Å². The van der Waals surface area contributed by atoms with E-state index in [-0.39, 0.29) is 33.5 Å². The fourth-order valence-corrected chi connectivity index (χ4v) is 9.21. The molecule has 244 valence electrons. The van der Waals surface area contributed by atoms with Crippen LogP contribution in [0.3, 0.4) is 0 Å². The molecule has 2 aliphatic heterocycles. The predicted molar refractivity (Wildman–Crippen MR) is 170 cm³/mol. The Morgan fingerprint density at radius 2 is 1.85 bits per heavy atom. The number of rotatable bonds is 9. The molecule has 3 fully saturated rings. The van der Waals surface area contributed by atoms with Crippen molar-refractivity contribution in [2.24, 2.45) is 24.8 Å². The van der Waals surface area contributed by atoms with Crippen molar-refractivity contribution in [2.75, 3.05) is 44.7 Å². The Kier molecular flexibility index (Phi) is 9.08. The number of ether oxygens (including phenoxy) is 1. The van der Waals surface area contributed by atoms with Crippen LogP contribution in [0.1, 0.15) is 37.7 Å². The average Bonchev–Trinajstić information content (AvgIpc) is 3.70. The number of benzene rings is 2. The van der Waals surface area contributed by atoms with Gasteiger partial charge in [0.25, 0.3) is 0 Å². The minimum absolute atomic E-state index is 0.0277. The molecule has 1 N–H and O–H groups in total. The van der Waals surface area contributed by atoms with Gasteiger partial charge < -0.3 is 19.9 Å². The van der Waals surface area contributed by atoms with E-state index in [1.165, 1.54) is 36.3 Å². The second-order valence-corrected chi connectivity index (χ2v) is 14.9. The number of nitriles is 1. The number of hydrogen-bond donors (Lipinski definition) is 1. The summed E-state index contributed by atoms with van der Waals surface area (Å²) in [6, 6.07) is 16.0. The van der Waals surface area contributed by atoms with Crippen LogP contribution in [0.4, 0.5) is 14.9 Å². The topological polar surface area (TPSA) is 121 Å². The molecule has 0 radical (unpaired) electrons. The first kappa shape index (κ1) is 32.0. The molecule has 3 aliphatic rings. The Labute approximate surface area is 270 Å². The van der Waals surface area contributed by atoms with Crippen LogP contribution in [0, 0.1) is 34.9 Å². The van der Waals surface area contributed by atoms with E-state index < -0.39 is 21.3 Å². The molecule has 6 rings (SSSR count). The molecule has 0 bridgehead atoms. The lowest BCUT2D eigenvalue weighted by atomic mass is 9.59. The number of anilines is 1. The lowest BCUT2D eigenvalue weighted by molar-refractivity contribution is 0.0938. The van der Waals surface area contributed by atoms with Gasteiger partial charge in [0.2, 0.25) is 9.84 Å². The van der Waals surface area contributed by atoms with E-state index in [1.807, 2.05) is 18.2 Å². The fourth-order valence-electron chi connectivity index (χ4n) is 7.97. The van der Waals surface area contributed by atoms with Gasteiger partial charge in [0.1, 0.15) is 10.7 Å². The SMILES string of the molecule is COC(=O)NC1CCC[C@@H]1C(C#N)(c1cccc(F)c1)C1CCN(CC2CN(c3ccc(S(=O)(=O)c4cnn(C)c4)cc3)C2)CC1. The van der Waals surface area contributed by atoms with Crippen LogP contribution in [-0.2, 0) is 27.0 Å². The molecule has 2 saturated heterocycles. The van der Waals surface area contributed by atoms with E-state index in [2.05, 4.69) is 26.3 Å². The Morgan fingerprint density at radius 3 is 2.48 bits per heavy atom. The van der Waals surface area contributed by atoms with E-state index in [9.17, 15) is 22.9 Å². The highest BCUT2D eigenvalue weighted by molar-refractivity contribution is 7.91. The summed E-state index contributed by atoms with van der Waals surface area (Å²) >= 11 is 0. The zero-order chi connectivity index (χ0) is 32.5. The smallest absolute Gasteiger partial charge is 0.407 e. The highest BCUT2D eigenvalue weighted by Gasteiger charge is 2.52. The number of nitrogens with one attached hydrogen (secondary N) is 1. The zero-order valence-electron chi connectivity index (χ0n) is 26.3. The van der Waals surface area contributed by atoms with Crippen molar-refractivity contribution < 1.29 is 22.3 Å². The van der Waals surface area contributed by atoms with Crippen LogP contribution in [-0.4, -0.2) is 75.1 Å². The fraction of sp³-hybridized carbons (Fsp3) is 0.500. The van der Waals surface area contributed by atoms with Gasteiger partial charge in [-0.15, -0.1) is 0 Å². The lowest BCUT2D eigenvalue weighted by Crippen LogP contribution is -2.55. The Hall–Kier alpha value is -3.95. The molecule has 2 unspecified atom stereocenters. The van der Waals surface area contributed by atoms with Crippen LogP contribution in [0.15, 0.2) is 70.7 Å². The molecule has 46 heavy (non-hydrogen) atoms. The highest BCUT2D eigenvalue weighted by atomic mass is 32.2. The normalized spacial score (nSPS) is 22.5. The molecule has 12 heteroatoms. The second kappa shape index (κ2) is 13.0. The van der Waals surface area contributed by atoms with Crippen molar-refractivity contribution >= 4 is 21.6 Å². The van der Waals surface area contributed by atoms with E-state index in [1.54, 1.807) is 25.2 Å². The Balaban J connectivity index is 1.08. The third kappa shape index (κ3) is 6.10. The minimum atomic E-state index is -3.60. The standard InChI is InChI=1S/C34H41FN6O4S/c1-39-22-30(18-37-39)46(43,44)29-11-9-28(10-12-29)41-20-24(21-41)19-40-15-13-25(14-16-40)34(23-36,26-5-3-6-27(35)17-26)31-7-4-8-32(31)38-33(42)45-2/h3,5-6,9-12,17-18,22,24-25,31-32H,4,7-8,13-16,19-21H2,1-2H3,(H,38,42)/t31-,32?,34?/m0/s1. The Morgan fingerprint density at radius 1 is 1.11 bits per heavy atom. The summed E-state index contributed by atoms with van der Waals surface area (Å²) < 4.78 is 46.7. The number of nitrogens with zero attached hydrogens (tertiary/aromatic N) is 5. The molecule has 1 aromatic heterocycles. The highest BCUT2D eigenvalue weighted by Crippen LogP contribution is 2.50. The van der Waals surface area contributed by atoms with Crippen LogP contribution in [0.25, 0.3) is 0 Å². The van der Waals surface area contributed by atoms with Gasteiger partial charge in [-0.3, -0.25) is 4.68 Å². The number of sulfone groups is 1. The van der Waals surface area contributed by atoms with Crippen molar-refractivity contribution in [1.29, 1.82) is 5.26 Å². The third-order valence-electron chi connectivity index (χ3n) is 10.3. The van der Waals surface area contributed by atoms with Gasteiger partial charge in [-0.2, -0.15) is 10.4 Å². The molecule has 10 nitrogen and oxygen atoms in total. The Bertz CT molecular complexity index is 1690. The van der Waals surface area contributed by atoms with Gasteiger partial charge in [-0.05, 0) is 86.7 Å². The number of piperidine rings is 1. The molecule has 3 heterocycles. The van der Waals surface area contributed by atoms with Crippen LogP contribution < -0.4 is 10.2 Å². The molecular formula is C34H41FN6O4S. The lowest BCUT2D eigenvalue weighted by Gasteiger charge is -2.48. The maximum Gasteiger partial charge on any atom is 0.407 e. The number of carbonyl (C=O) groups excluding carboxylic acids is 1. The molecule has 3 atom stereocenters. The average molecular weight is 649 g/mol. The summed E-state index contributed by atoms with van der Waals surface area (Å²) in [6.07, 6.45) is 6.43. The first-order chi connectivity index (χ1) is 22.1. The van der Waals surface area contributed by atoms with E-state index in [4.69, 9.17) is 4.74 Å². The van der Waals surface area contributed by atoms with Crippen LogP contribution in [0.5, 0.6) is 0 Å². The van der Waals surface area contributed by atoms with Gasteiger partial charge in [-0.1, -0.05) is 18.6 Å².